The zero-order valence-corrected chi connectivity index (χ0v) is 10.1. The highest BCUT2D eigenvalue weighted by Crippen LogP contribution is 1.96. The number of hydrogen-bond acceptors (Lipinski definition) is 3. The summed E-state index contributed by atoms with van der Waals surface area (Å²) in [4.78, 5) is 15.4. The molecular weight excluding hydrogens is 216 g/mol. The number of amides is 1. The molecule has 1 aromatic rings. The fourth-order valence-electron chi connectivity index (χ4n) is 1.26. The third-order valence-corrected chi connectivity index (χ3v) is 2.00. The topological polar surface area (TPSA) is 51.2 Å². The molecule has 17 heavy (non-hydrogen) atoms. The van der Waals surface area contributed by atoms with Crippen LogP contribution in [0.25, 0.3) is 0 Å². The van der Waals surface area contributed by atoms with Crippen molar-refractivity contribution < 1.29 is 9.53 Å². The Labute approximate surface area is 102 Å². The summed E-state index contributed by atoms with van der Waals surface area (Å²) >= 11 is 0. The molecular formula is C13H18N2O2. The minimum Gasteiger partial charge on any atom is -0.375 e. The van der Waals surface area contributed by atoms with E-state index in [4.69, 9.17) is 4.74 Å². The van der Waals surface area contributed by atoms with Crippen molar-refractivity contribution in [2.75, 3.05) is 19.8 Å². The lowest BCUT2D eigenvalue weighted by molar-refractivity contribution is -0.120. The molecule has 1 N–H and O–H groups in total. The summed E-state index contributed by atoms with van der Waals surface area (Å²) < 4.78 is 5.27. The molecule has 0 fully saturated rings. The van der Waals surface area contributed by atoms with Gasteiger partial charge in [0, 0.05) is 18.9 Å². The average molecular weight is 234 g/mol. The average Bonchev–Trinajstić information content (AvgIpc) is 2.29. The van der Waals surface area contributed by atoms with Crippen LogP contribution in [0, 0.1) is 0 Å². The van der Waals surface area contributed by atoms with Gasteiger partial charge >= 0.3 is 0 Å². The second-order valence-corrected chi connectivity index (χ2v) is 3.90. The molecule has 0 spiro atoms. The van der Waals surface area contributed by atoms with Crippen LogP contribution in [0.3, 0.4) is 0 Å². The molecule has 0 bridgehead atoms. The Bertz CT molecular complexity index is 363. The molecule has 0 saturated carbocycles. The molecule has 1 rings (SSSR count). The maximum atomic E-state index is 11.5. The first-order valence-electron chi connectivity index (χ1n) is 5.56. The van der Waals surface area contributed by atoms with Gasteiger partial charge in [-0.1, -0.05) is 18.2 Å². The smallest absolute Gasteiger partial charge is 0.224 e. The highest BCUT2D eigenvalue weighted by Gasteiger charge is 2.02. The number of aromatic nitrogens is 1. The fraction of sp³-hybridized carbons (Fsp3) is 0.385. The normalized spacial score (nSPS) is 9.94. The monoisotopic (exact) mass is 234 g/mol. The number of ether oxygens (including phenoxy) is 1. The van der Waals surface area contributed by atoms with Gasteiger partial charge in [-0.2, -0.15) is 0 Å². The molecule has 0 atom stereocenters. The minimum absolute atomic E-state index is 0.0167. The van der Waals surface area contributed by atoms with E-state index in [1.807, 2.05) is 19.1 Å². The van der Waals surface area contributed by atoms with Crippen molar-refractivity contribution in [1.82, 2.24) is 10.3 Å². The highest BCUT2D eigenvalue weighted by atomic mass is 16.5. The van der Waals surface area contributed by atoms with Gasteiger partial charge < -0.3 is 10.1 Å². The fourth-order valence-corrected chi connectivity index (χ4v) is 1.26. The Kier molecular flexibility index (Phi) is 5.96. The van der Waals surface area contributed by atoms with Crippen LogP contribution in [0.15, 0.2) is 36.7 Å². The van der Waals surface area contributed by atoms with Gasteiger partial charge in [0.05, 0.1) is 19.6 Å². The van der Waals surface area contributed by atoms with Crippen molar-refractivity contribution in [3.63, 3.8) is 0 Å². The van der Waals surface area contributed by atoms with Gasteiger partial charge in [0.25, 0.3) is 0 Å². The van der Waals surface area contributed by atoms with Gasteiger partial charge in [-0.15, -0.1) is 0 Å². The lowest BCUT2D eigenvalue weighted by Crippen LogP contribution is -2.28. The standard InChI is InChI=1S/C13H18N2O2/c1-11(2)10-17-7-6-15-13(16)8-12-4-3-5-14-9-12/h3-5,9H,1,6-8,10H2,2H3,(H,15,16). The maximum absolute atomic E-state index is 11.5. The molecule has 1 heterocycles. The van der Waals surface area contributed by atoms with E-state index in [0.717, 1.165) is 11.1 Å². The van der Waals surface area contributed by atoms with E-state index in [-0.39, 0.29) is 5.91 Å². The van der Waals surface area contributed by atoms with E-state index in [2.05, 4.69) is 16.9 Å². The second-order valence-electron chi connectivity index (χ2n) is 3.90. The summed E-state index contributed by atoms with van der Waals surface area (Å²) in [7, 11) is 0. The van der Waals surface area contributed by atoms with Crippen molar-refractivity contribution in [3.05, 3.63) is 42.2 Å². The van der Waals surface area contributed by atoms with Gasteiger partial charge in [0.15, 0.2) is 0 Å². The van der Waals surface area contributed by atoms with Gasteiger partial charge in [-0.3, -0.25) is 9.78 Å². The molecule has 0 aromatic carbocycles. The van der Waals surface area contributed by atoms with E-state index >= 15 is 0 Å². The van der Waals surface area contributed by atoms with Crippen LogP contribution in [0.1, 0.15) is 12.5 Å². The molecule has 0 saturated heterocycles. The number of rotatable bonds is 7. The lowest BCUT2D eigenvalue weighted by atomic mass is 10.2. The van der Waals surface area contributed by atoms with Crippen LogP contribution in [0.5, 0.6) is 0 Å². The molecule has 4 heteroatoms. The predicted molar refractivity (Wildman–Crippen MR) is 66.6 cm³/mol. The van der Waals surface area contributed by atoms with Crippen molar-refractivity contribution in [2.24, 2.45) is 0 Å². The molecule has 1 aromatic heterocycles. The summed E-state index contributed by atoms with van der Waals surface area (Å²) in [5, 5.41) is 2.78. The van der Waals surface area contributed by atoms with Crippen molar-refractivity contribution in [1.29, 1.82) is 0 Å². The summed E-state index contributed by atoms with van der Waals surface area (Å²) in [5.74, 6) is -0.0167. The Morgan fingerprint density at radius 1 is 1.59 bits per heavy atom. The number of carbonyl (C=O) groups is 1. The molecule has 0 radical (unpaired) electrons. The quantitative estimate of drug-likeness (QED) is 0.572. The lowest BCUT2D eigenvalue weighted by Gasteiger charge is -2.06. The number of pyridine rings is 1. The molecule has 1 amide bonds. The molecule has 92 valence electrons. The summed E-state index contributed by atoms with van der Waals surface area (Å²) in [6.07, 6.45) is 3.73. The SMILES string of the molecule is C=C(C)COCCNC(=O)Cc1cccnc1. The van der Waals surface area contributed by atoms with E-state index in [1.54, 1.807) is 12.4 Å². The van der Waals surface area contributed by atoms with Crippen LogP contribution in [0.4, 0.5) is 0 Å². The third-order valence-electron chi connectivity index (χ3n) is 2.00. The first kappa shape index (κ1) is 13.4. The third kappa shape index (κ3) is 6.48. The Morgan fingerprint density at radius 2 is 2.41 bits per heavy atom. The van der Waals surface area contributed by atoms with Crippen LogP contribution in [-0.2, 0) is 16.0 Å². The predicted octanol–water partition coefficient (Wildman–Crippen LogP) is 1.33. The summed E-state index contributed by atoms with van der Waals surface area (Å²) in [6.45, 7) is 7.19. The van der Waals surface area contributed by atoms with Gasteiger partial charge in [0.1, 0.15) is 0 Å². The van der Waals surface area contributed by atoms with Gasteiger partial charge in [-0.05, 0) is 18.6 Å². The van der Waals surface area contributed by atoms with Gasteiger partial charge in [-0.25, -0.2) is 0 Å². The highest BCUT2D eigenvalue weighted by molar-refractivity contribution is 5.78. The van der Waals surface area contributed by atoms with Crippen LogP contribution < -0.4 is 5.32 Å². The van der Waals surface area contributed by atoms with Crippen molar-refractivity contribution >= 4 is 5.91 Å². The minimum atomic E-state index is -0.0167. The molecule has 0 aliphatic heterocycles. The largest absolute Gasteiger partial charge is 0.375 e. The van der Waals surface area contributed by atoms with Crippen LogP contribution >= 0.6 is 0 Å². The zero-order chi connectivity index (χ0) is 12.5. The van der Waals surface area contributed by atoms with E-state index in [9.17, 15) is 4.79 Å². The number of hydrogen-bond donors (Lipinski definition) is 1. The number of nitrogens with zero attached hydrogens (tertiary/aromatic N) is 1. The Balaban J connectivity index is 2.12. The summed E-state index contributed by atoms with van der Waals surface area (Å²) in [5.41, 5.74) is 1.89. The Hall–Kier alpha value is -1.68. The van der Waals surface area contributed by atoms with Crippen LogP contribution in [-0.4, -0.2) is 30.6 Å². The Morgan fingerprint density at radius 3 is 3.06 bits per heavy atom. The maximum Gasteiger partial charge on any atom is 0.224 e. The zero-order valence-electron chi connectivity index (χ0n) is 10.1. The van der Waals surface area contributed by atoms with E-state index in [1.165, 1.54) is 0 Å². The molecule has 0 aliphatic carbocycles. The van der Waals surface area contributed by atoms with Crippen molar-refractivity contribution in [3.8, 4) is 0 Å². The molecule has 0 aliphatic rings. The molecule has 4 nitrogen and oxygen atoms in total. The first-order valence-corrected chi connectivity index (χ1v) is 5.56. The van der Waals surface area contributed by atoms with Crippen molar-refractivity contribution in [2.45, 2.75) is 13.3 Å². The van der Waals surface area contributed by atoms with E-state index in [0.29, 0.717) is 26.2 Å². The number of nitrogens with one attached hydrogen (secondary N) is 1. The number of carbonyl (C=O) groups excluding carboxylic acids is 1. The van der Waals surface area contributed by atoms with E-state index < -0.39 is 0 Å². The summed E-state index contributed by atoms with van der Waals surface area (Å²) in [6, 6.07) is 3.70. The molecule has 0 unspecified atom stereocenters. The van der Waals surface area contributed by atoms with Crippen LogP contribution in [0.2, 0.25) is 0 Å². The second kappa shape index (κ2) is 7.57. The van der Waals surface area contributed by atoms with Gasteiger partial charge in [0.2, 0.25) is 5.91 Å². The first-order chi connectivity index (χ1) is 8.18.